The number of benzene rings is 2. The molecule has 0 spiro atoms. The molecule has 170 valence electrons. The lowest BCUT2D eigenvalue weighted by atomic mass is 10.1. The molecule has 4 rings (SSSR count). The molecule has 2 aromatic rings. The minimum Gasteiger partial charge on any atom is -0.493 e. The zero-order chi connectivity index (χ0) is 22.7. The summed E-state index contributed by atoms with van der Waals surface area (Å²) >= 11 is 0. The second kappa shape index (κ2) is 9.48. The Kier molecular flexibility index (Phi) is 6.50. The first-order valence-electron chi connectivity index (χ1n) is 10.9. The van der Waals surface area contributed by atoms with E-state index < -0.39 is 5.92 Å². The molecule has 8 heteroatoms. The van der Waals surface area contributed by atoms with E-state index in [-0.39, 0.29) is 18.2 Å². The predicted octanol–water partition coefficient (Wildman–Crippen LogP) is 2.45. The highest BCUT2D eigenvalue weighted by Crippen LogP contribution is 2.34. The number of carbonyl (C=O) groups excluding carboxylic acids is 2. The third-order valence-electron chi connectivity index (χ3n) is 6.18. The van der Waals surface area contributed by atoms with Crippen LogP contribution in [0.5, 0.6) is 11.5 Å². The molecule has 2 aromatic carbocycles. The van der Waals surface area contributed by atoms with Crippen molar-refractivity contribution in [3.05, 3.63) is 42.5 Å². The Bertz CT molecular complexity index is 970. The van der Waals surface area contributed by atoms with Crippen molar-refractivity contribution in [1.29, 1.82) is 0 Å². The van der Waals surface area contributed by atoms with E-state index in [1.165, 1.54) is 0 Å². The minimum atomic E-state index is -0.409. The molecule has 0 radical (unpaired) electrons. The van der Waals surface area contributed by atoms with Gasteiger partial charge in [-0.25, -0.2) is 0 Å². The number of hydrogen-bond donors (Lipinski definition) is 1. The molecule has 0 aromatic heterocycles. The van der Waals surface area contributed by atoms with Gasteiger partial charge in [-0.2, -0.15) is 0 Å². The average Bonchev–Trinajstić information content (AvgIpc) is 3.21. The van der Waals surface area contributed by atoms with Gasteiger partial charge in [0.2, 0.25) is 11.8 Å². The highest BCUT2D eigenvalue weighted by Gasteiger charge is 2.35. The highest BCUT2D eigenvalue weighted by molar-refractivity contribution is 6.03. The second-order valence-corrected chi connectivity index (χ2v) is 8.27. The van der Waals surface area contributed by atoms with Crippen LogP contribution in [0.25, 0.3) is 0 Å². The van der Waals surface area contributed by atoms with Gasteiger partial charge in [-0.15, -0.1) is 0 Å². The number of ether oxygens (including phenoxy) is 2. The second-order valence-electron chi connectivity index (χ2n) is 8.27. The van der Waals surface area contributed by atoms with Crippen LogP contribution >= 0.6 is 0 Å². The average molecular weight is 439 g/mol. The molecule has 8 nitrogen and oxygen atoms in total. The maximum atomic E-state index is 12.8. The number of carbonyl (C=O) groups is 2. The van der Waals surface area contributed by atoms with Crippen molar-refractivity contribution in [3.63, 3.8) is 0 Å². The van der Waals surface area contributed by atoms with Crippen molar-refractivity contribution >= 4 is 28.9 Å². The van der Waals surface area contributed by atoms with Gasteiger partial charge in [-0.3, -0.25) is 9.59 Å². The maximum absolute atomic E-state index is 12.8. The molecule has 2 heterocycles. The van der Waals surface area contributed by atoms with Crippen LogP contribution in [0.1, 0.15) is 6.42 Å². The van der Waals surface area contributed by atoms with Gasteiger partial charge in [0, 0.05) is 62.3 Å². The Morgan fingerprint density at radius 2 is 1.59 bits per heavy atom. The molecule has 0 bridgehead atoms. The Hall–Kier alpha value is -3.26. The number of amides is 2. The summed E-state index contributed by atoms with van der Waals surface area (Å²) in [6.45, 7) is 4.42. The molecule has 2 aliphatic heterocycles. The fourth-order valence-corrected chi connectivity index (χ4v) is 4.19. The molecule has 1 atom stereocenters. The summed E-state index contributed by atoms with van der Waals surface area (Å²) in [5, 5.41) is 2.97. The van der Waals surface area contributed by atoms with Crippen LogP contribution in [-0.4, -0.2) is 70.7 Å². The third-order valence-corrected chi connectivity index (χ3v) is 6.18. The summed E-state index contributed by atoms with van der Waals surface area (Å²) in [4.78, 5) is 31.7. The Balaban J connectivity index is 1.38. The van der Waals surface area contributed by atoms with Crippen LogP contribution in [0.15, 0.2) is 42.5 Å². The van der Waals surface area contributed by atoms with E-state index in [1.807, 2.05) is 24.3 Å². The Labute approximate surface area is 188 Å². The van der Waals surface area contributed by atoms with Crippen molar-refractivity contribution in [2.24, 2.45) is 5.92 Å². The van der Waals surface area contributed by atoms with E-state index in [2.05, 4.69) is 22.2 Å². The fourth-order valence-electron chi connectivity index (χ4n) is 4.19. The fraction of sp³-hybridized carbons (Fsp3) is 0.417. The van der Waals surface area contributed by atoms with Crippen molar-refractivity contribution in [3.8, 4) is 11.5 Å². The van der Waals surface area contributed by atoms with Crippen molar-refractivity contribution in [1.82, 2.24) is 4.90 Å². The molecule has 0 saturated carbocycles. The Morgan fingerprint density at radius 3 is 2.25 bits per heavy atom. The molecule has 0 aliphatic carbocycles. The first kappa shape index (κ1) is 22.0. The number of anilines is 3. The molecule has 2 saturated heterocycles. The SMILES string of the molecule is COc1ccc(N2C[C@H](C(=O)Nc3ccc(N4CCN(C)CC4)cc3)CC2=O)cc1OC. The number of methoxy groups -OCH3 is 2. The van der Waals surface area contributed by atoms with E-state index in [9.17, 15) is 9.59 Å². The molecule has 1 N–H and O–H groups in total. The number of likely N-dealkylation sites (N-methyl/N-ethyl adjacent to an activating group) is 1. The van der Waals surface area contributed by atoms with E-state index in [4.69, 9.17) is 9.47 Å². The smallest absolute Gasteiger partial charge is 0.229 e. The molecule has 2 amide bonds. The first-order valence-corrected chi connectivity index (χ1v) is 10.9. The normalized spacial score (nSPS) is 19.2. The quantitative estimate of drug-likeness (QED) is 0.747. The number of nitrogens with one attached hydrogen (secondary N) is 1. The van der Waals surface area contributed by atoms with Crippen LogP contribution < -0.4 is 24.6 Å². The monoisotopic (exact) mass is 438 g/mol. The minimum absolute atomic E-state index is 0.0808. The highest BCUT2D eigenvalue weighted by atomic mass is 16.5. The summed E-state index contributed by atoms with van der Waals surface area (Å²) in [7, 11) is 5.26. The lowest BCUT2D eigenvalue weighted by Crippen LogP contribution is -2.44. The van der Waals surface area contributed by atoms with Gasteiger partial charge in [-0.1, -0.05) is 0 Å². The molecular weight excluding hydrogens is 408 g/mol. The topological polar surface area (TPSA) is 74.4 Å². The van der Waals surface area contributed by atoms with Gasteiger partial charge in [0.25, 0.3) is 0 Å². The van der Waals surface area contributed by atoms with Crippen molar-refractivity contribution < 1.29 is 19.1 Å². The van der Waals surface area contributed by atoms with Crippen molar-refractivity contribution in [2.45, 2.75) is 6.42 Å². The van der Waals surface area contributed by atoms with E-state index in [0.29, 0.717) is 23.7 Å². The van der Waals surface area contributed by atoms with Crippen LogP contribution in [-0.2, 0) is 9.59 Å². The molecule has 32 heavy (non-hydrogen) atoms. The van der Waals surface area contributed by atoms with Gasteiger partial charge < -0.3 is 29.5 Å². The predicted molar refractivity (Wildman–Crippen MR) is 125 cm³/mol. The standard InChI is InChI=1S/C24H30N4O4/c1-26-10-12-27(13-11-26)19-6-4-18(5-7-19)25-24(30)17-14-23(29)28(16-17)20-8-9-21(31-2)22(15-20)32-3/h4-9,15,17H,10-14,16H2,1-3H3,(H,25,30)/t17-/m1/s1. The molecule has 0 unspecified atom stereocenters. The summed E-state index contributed by atoms with van der Waals surface area (Å²) < 4.78 is 10.6. The first-order chi connectivity index (χ1) is 15.5. The van der Waals surface area contributed by atoms with Crippen LogP contribution in [0.4, 0.5) is 17.1 Å². The number of piperazine rings is 1. The third kappa shape index (κ3) is 4.65. The van der Waals surface area contributed by atoms with E-state index in [0.717, 1.165) is 37.6 Å². The largest absolute Gasteiger partial charge is 0.493 e. The van der Waals surface area contributed by atoms with E-state index in [1.54, 1.807) is 37.3 Å². The summed E-state index contributed by atoms with van der Waals surface area (Å²) in [6.07, 6.45) is 0.180. The molecule has 2 fully saturated rings. The van der Waals surface area contributed by atoms with Crippen LogP contribution in [0.2, 0.25) is 0 Å². The Morgan fingerprint density at radius 1 is 0.938 bits per heavy atom. The zero-order valence-electron chi connectivity index (χ0n) is 18.8. The lowest BCUT2D eigenvalue weighted by Gasteiger charge is -2.34. The van der Waals surface area contributed by atoms with E-state index >= 15 is 0 Å². The van der Waals surface area contributed by atoms with Gasteiger partial charge in [0.05, 0.1) is 20.1 Å². The van der Waals surface area contributed by atoms with Gasteiger partial charge >= 0.3 is 0 Å². The van der Waals surface area contributed by atoms with Crippen LogP contribution in [0, 0.1) is 5.92 Å². The van der Waals surface area contributed by atoms with Gasteiger partial charge in [0.15, 0.2) is 11.5 Å². The van der Waals surface area contributed by atoms with Crippen molar-refractivity contribution in [2.75, 3.05) is 69.1 Å². The number of hydrogen-bond acceptors (Lipinski definition) is 6. The van der Waals surface area contributed by atoms with Gasteiger partial charge in [-0.05, 0) is 43.4 Å². The lowest BCUT2D eigenvalue weighted by molar-refractivity contribution is -0.122. The summed E-state index contributed by atoms with van der Waals surface area (Å²) in [5.74, 6) is 0.507. The summed E-state index contributed by atoms with van der Waals surface area (Å²) in [6, 6.07) is 13.2. The molecular formula is C24H30N4O4. The number of rotatable bonds is 6. The maximum Gasteiger partial charge on any atom is 0.229 e. The number of nitrogens with zero attached hydrogens (tertiary/aromatic N) is 3. The van der Waals surface area contributed by atoms with Gasteiger partial charge in [0.1, 0.15) is 0 Å². The zero-order valence-corrected chi connectivity index (χ0v) is 18.8. The van der Waals surface area contributed by atoms with Crippen LogP contribution in [0.3, 0.4) is 0 Å². The summed E-state index contributed by atoms with van der Waals surface area (Å²) in [5.41, 5.74) is 2.59. The molecule has 2 aliphatic rings.